The second-order valence-electron chi connectivity index (χ2n) is 4.31. The van der Waals surface area contributed by atoms with Crippen molar-refractivity contribution in [2.75, 3.05) is 5.75 Å². The van der Waals surface area contributed by atoms with Crippen LogP contribution in [-0.4, -0.2) is 11.5 Å². The first kappa shape index (κ1) is 12.8. The van der Waals surface area contributed by atoms with Gasteiger partial charge in [-0.15, -0.1) is 11.3 Å². The number of thiophene rings is 1. The molecule has 0 radical (unpaired) electrons. The predicted molar refractivity (Wildman–Crippen MR) is 74.0 cm³/mol. The SMILES string of the molecule is O=C(c1cc2c(s1)CCSC2)c1cc(F)ccc1F. The maximum absolute atomic E-state index is 13.6. The summed E-state index contributed by atoms with van der Waals surface area (Å²) >= 11 is 3.23. The Morgan fingerprint density at radius 1 is 1.21 bits per heavy atom. The fourth-order valence-corrected chi connectivity index (χ4v) is 4.39. The highest BCUT2D eigenvalue weighted by Gasteiger charge is 2.21. The lowest BCUT2D eigenvalue weighted by molar-refractivity contribution is 0.103. The zero-order valence-corrected chi connectivity index (χ0v) is 11.5. The molecule has 1 aromatic carbocycles. The van der Waals surface area contributed by atoms with Crippen molar-refractivity contribution in [2.45, 2.75) is 12.2 Å². The van der Waals surface area contributed by atoms with Crippen molar-refractivity contribution < 1.29 is 13.6 Å². The molecule has 0 unspecified atom stereocenters. The number of thioether (sulfide) groups is 1. The van der Waals surface area contributed by atoms with E-state index in [1.807, 2.05) is 17.8 Å². The highest BCUT2D eigenvalue weighted by molar-refractivity contribution is 7.98. The number of ketones is 1. The van der Waals surface area contributed by atoms with E-state index in [9.17, 15) is 13.6 Å². The van der Waals surface area contributed by atoms with Crippen LogP contribution < -0.4 is 0 Å². The number of hydrogen-bond donors (Lipinski definition) is 0. The average Bonchev–Trinajstić information content (AvgIpc) is 2.84. The van der Waals surface area contributed by atoms with Gasteiger partial charge in [0.25, 0.3) is 0 Å². The molecule has 19 heavy (non-hydrogen) atoms. The molecule has 1 aromatic heterocycles. The number of aryl methyl sites for hydroxylation is 1. The third-order valence-corrected chi connectivity index (χ3v) is 5.27. The average molecular weight is 296 g/mol. The molecule has 1 aliphatic heterocycles. The molecular weight excluding hydrogens is 286 g/mol. The molecule has 1 nitrogen and oxygen atoms in total. The topological polar surface area (TPSA) is 17.1 Å². The van der Waals surface area contributed by atoms with Crippen molar-refractivity contribution in [3.05, 3.63) is 56.8 Å². The van der Waals surface area contributed by atoms with Crippen LogP contribution in [-0.2, 0) is 12.2 Å². The Balaban J connectivity index is 1.99. The lowest BCUT2D eigenvalue weighted by Gasteiger charge is -2.08. The van der Waals surface area contributed by atoms with Crippen LogP contribution in [0.5, 0.6) is 0 Å². The fraction of sp³-hybridized carbons (Fsp3) is 0.214. The Morgan fingerprint density at radius 3 is 2.84 bits per heavy atom. The van der Waals surface area contributed by atoms with Crippen LogP contribution >= 0.6 is 23.1 Å². The highest BCUT2D eigenvalue weighted by Crippen LogP contribution is 2.33. The molecule has 3 rings (SSSR count). The van der Waals surface area contributed by atoms with E-state index in [1.54, 1.807) is 0 Å². The van der Waals surface area contributed by atoms with Gasteiger partial charge in [0.1, 0.15) is 11.6 Å². The number of hydrogen-bond acceptors (Lipinski definition) is 3. The largest absolute Gasteiger partial charge is 0.288 e. The molecular formula is C14H10F2OS2. The van der Waals surface area contributed by atoms with Crippen LogP contribution in [0, 0.1) is 11.6 Å². The van der Waals surface area contributed by atoms with Gasteiger partial charge in [-0.2, -0.15) is 11.8 Å². The molecule has 0 atom stereocenters. The lowest BCUT2D eigenvalue weighted by atomic mass is 10.1. The van der Waals surface area contributed by atoms with Gasteiger partial charge >= 0.3 is 0 Å². The van der Waals surface area contributed by atoms with Crippen LogP contribution in [0.15, 0.2) is 24.3 Å². The van der Waals surface area contributed by atoms with Crippen LogP contribution in [0.3, 0.4) is 0 Å². The van der Waals surface area contributed by atoms with Gasteiger partial charge in [0.05, 0.1) is 10.4 Å². The first-order valence-electron chi connectivity index (χ1n) is 5.84. The minimum absolute atomic E-state index is 0.189. The van der Waals surface area contributed by atoms with Crippen LogP contribution in [0.2, 0.25) is 0 Å². The van der Waals surface area contributed by atoms with E-state index in [-0.39, 0.29) is 5.56 Å². The Hall–Kier alpha value is -1.20. The third-order valence-electron chi connectivity index (χ3n) is 3.02. The Labute approximate surface area is 117 Å². The molecule has 0 fully saturated rings. The van der Waals surface area contributed by atoms with Crippen molar-refractivity contribution in [3.8, 4) is 0 Å². The highest BCUT2D eigenvalue weighted by atomic mass is 32.2. The number of rotatable bonds is 2. The maximum Gasteiger partial charge on any atom is 0.206 e. The van der Waals surface area contributed by atoms with E-state index >= 15 is 0 Å². The van der Waals surface area contributed by atoms with E-state index in [1.165, 1.54) is 16.2 Å². The monoisotopic (exact) mass is 296 g/mol. The van der Waals surface area contributed by atoms with Crippen molar-refractivity contribution >= 4 is 28.9 Å². The second kappa shape index (κ2) is 5.06. The van der Waals surface area contributed by atoms with Gasteiger partial charge in [-0.3, -0.25) is 4.79 Å². The number of halogens is 2. The predicted octanol–water partition coefficient (Wildman–Crippen LogP) is 4.05. The van der Waals surface area contributed by atoms with Crippen LogP contribution in [0.4, 0.5) is 8.78 Å². The van der Waals surface area contributed by atoms with E-state index in [4.69, 9.17) is 0 Å². The summed E-state index contributed by atoms with van der Waals surface area (Å²) in [6.07, 6.45) is 0.948. The van der Waals surface area contributed by atoms with E-state index in [2.05, 4.69) is 0 Å². The zero-order valence-electron chi connectivity index (χ0n) is 9.91. The molecule has 0 N–H and O–H groups in total. The van der Waals surface area contributed by atoms with Crippen molar-refractivity contribution in [1.29, 1.82) is 0 Å². The summed E-state index contributed by atoms with van der Waals surface area (Å²) in [5, 5.41) is 0. The summed E-state index contributed by atoms with van der Waals surface area (Å²) in [5.74, 6) is 0.246. The third kappa shape index (κ3) is 2.44. The normalized spacial score (nSPS) is 14.2. The summed E-state index contributed by atoms with van der Waals surface area (Å²) in [7, 11) is 0. The van der Waals surface area contributed by atoms with Gasteiger partial charge in [0, 0.05) is 10.6 Å². The summed E-state index contributed by atoms with van der Waals surface area (Å²) in [6, 6.07) is 4.79. The molecule has 0 bridgehead atoms. The molecule has 0 amide bonds. The standard InChI is InChI=1S/C14H10F2OS2/c15-9-1-2-11(16)10(6-9)14(17)13-5-8-7-18-4-3-12(8)19-13/h1-2,5-6H,3-4,7H2. The maximum atomic E-state index is 13.6. The number of benzene rings is 1. The molecule has 1 aliphatic rings. The van der Waals surface area contributed by atoms with Gasteiger partial charge in [0.2, 0.25) is 5.78 Å². The second-order valence-corrected chi connectivity index (χ2v) is 6.56. The molecule has 0 aliphatic carbocycles. The summed E-state index contributed by atoms with van der Waals surface area (Å²) < 4.78 is 26.7. The molecule has 5 heteroatoms. The number of carbonyl (C=O) groups is 1. The van der Waals surface area contributed by atoms with E-state index < -0.39 is 17.4 Å². The van der Waals surface area contributed by atoms with Gasteiger partial charge in [0.15, 0.2) is 0 Å². The first-order chi connectivity index (χ1) is 9.15. The van der Waals surface area contributed by atoms with Crippen molar-refractivity contribution in [1.82, 2.24) is 0 Å². The van der Waals surface area contributed by atoms with Crippen molar-refractivity contribution in [2.24, 2.45) is 0 Å². The Morgan fingerprint density at radius 2 is 2.05 bits per heavy atom. The minimum atomic E-state index is -0.674. The molecule has 2 heterocycles. The summed E-state index contributed by atoms with van der Waals surface area (Å²) in [5.41, 5.74) is 0.965. The van der Waals surface area contributed by atoms with E-state index in [0.717, 1.165) is 41.7 Å². The molecule has 2 aromatic rings. The first-order valence-corrected chi connectivity index (χ1v) is 7.81. The molecule has 98 valence electrons. The van der Waals surface area contributed by atoms with Crippen LogP contribution in [0.25, 0.3) is 0 Å². The van der Waals surface area contributed by atoms with Gasteiger partial charge in [-0.25, -0.2) is 8.78 Å². The van der Waals surface area contributed by atoms with E-state index in [0.29, 0.717) is 4.88 Å². The molecule has 0 saturated heterocycles. The van der Waals surface area contributed by atoms with Gasteiger partial charge in [-0.05, 0) is 42.0 Å². The summed E-state index contributed by atoms with van der Waals surface area (Å²) in [4.78, 5) is 13.9. The quantitative estimate of drug-likeness (QED) is 0.778. The van der Waals surface area contributed by atoms with Crippen molar-refractivity contribution in [3.63, 3.8) is 0 Å². The van der Waals surface area contributed by atoms with Gasteiger partial charge < -0.3 is 0 Å². The minimum Gasteiger partial charge on any atom is -0.288 e. The Kier molecular flexibility index (Phi) is 3.41. The number of fused-ring (bicyclic) bond motifs is 1. The van der Waals surface area contributed by atoms with Crippen LogP contribution in [0.1, 0.15) is 25.7 Å². The fourth-order valence-electron chi connectivity index (χ4n) is 2.06. The summed E-state index contributed by atoms with van der Waals surface area (Å²) in [6.45, 7) is 0. The lowest BCUT2D eigenvalue weighted by Crippen LogP contribution is -2.02. The number of carbonyl (C=O) groups excluding carboxylic acids is 1. The molecule has 0 spiro atoms. The smallest absolute Gasteiger partial charge is 0.206 e. The molecule has 0 saturated carbocycles. The Bertz CT molecular complexity index is 625. The van der Waals surface area contributed by atoms with Gasteiger partial charge in [-0.1, -0.05) is 0 Å². The zero-order chi connectivity index (χ0) is 13.4.